The van der Waals surface area contributed by atoms with E-state index in [1.54, 1.807) is 18.2 Å². The van der Waals surface area contributed by atoms with Crippen LogP contribution >= 0.6 is 0 Å². The quantitative estimate of drug-likeness (QED) is 0.598. The number of hydrogen-bond acceptors (Lipinski definition) is 4. The van der Waals surface area contributed by atoms with Crippen LogP contribution in [0.3, 0.4) is 0 Å². The second-order valence-corrected chi connectivity index (χ2v) is 6.13. The van der Waals surface area contributed by atoms with E-state index in [9.17, 15) is 10.1 Å². The van der Waals surface area contributed by atoms with Gasteiger partial charge in [-0.1, -0.05) is 32.8 Å². The second-order valence-electron chi connectivity index (χ2n) is 6.13. The van der Waals surface area contributed by atoms with E-state index in [1.807, 2.05) is 6.92 Å². The van der Waals surface area contributed by atoms with E-state index in [0.29, 0.717) is 18.0 Å². The molecule has 0 saturated heterocycles. The Hall–Kier alpha value is -1.78. The van der Waals surface area contributed by atoms with E-state index >= 15 is 0 Å². The summed E-state index contributed by atoms with van der Waals surface area (Å²) in [6.07, 6.45) is 5.69. The molecule has 1 aliphatic carbocycles. The first-order valence-electron chi connectivity index (χ1n) is 7.70. The molecule has 5 nitrogen and oxygen atoms in total. The van der Waals surface area contributed by atoms with Crippen LogP contribution in [0.5, 0.6) is 5.75 Å². The first-order valence-corrected chi connectivity index (χ1v) is 7.70. The number of benzene rings is 1. The summed E-state index contributed by atoms with van der Waals surface area (Å²) in [5.41, 5.74) is 0.850. The zero-order valence-corrected chi connectivity index (χ0v) is 12.9. The predicted molar refractivity (Wildman–Crippen MR) is 83.9 cm³/mol. The molecule has 0 heterocycles. The van der Waals surface area contributed by atoms with Crippen molar-refractivity contribution in [2.75, 3.05) is 18.5 Å². The predicted octanol–water partition coefficient (Wildman–Crippen LogP) is 4.38. The lowest BCUT2D eigenvalue weighted by atomic mass is 9.89. The maximum absolute atomic E-state index is 11.4. The minimum absolute atomic E-state index is 0.0487. The number of nitro groups is 1. The van der Waals surface area contributed by atoms with E-state index < -0.39 is 0 Å². The number of ether oxygens (including phenoxy) is 1. The summed E-state index contributed by atoms with van der Waals surface area (Å²) in [7, 11) is 0. The highest BCUT2D eigenvalue weighted by Crippen LogP contribution is 2.40. The maximum Gasteiger partial charge on any atom is 0.333 e. The third kappa shape index (κ3) is 3.86. The van der Waals surface area contributed by atoms with Crippen molar-refractivity contribution in [1.82, 2.24) is 0 Å². The van der Waals surface area contributed by atoms with Gasteiger partial charge < -0.3 is 10.1 Å². The van der Waals surface area contributed by atoms with Crippen molar-refractivity contribution in [2.24, 2.45) is 5.41 Å². The van der Waals surface area contributed by atoms with Crippen molar-refractivity contribution in [1.29, 1.82) is 0 Å². The van der Waals surface area contributed by atoms with Gasteiger partial charge in [-0.3, -0.25) is 10.1 Å². The molecule has 0 radical (unpaired) electrons. The molecular formula is C16H24N2O3. The van der Waals surface area contributed by atoms with Crippen molar-refractivity contribution in [2.45, 2.75) is 46.0 Å². The lowest BCUT2D eigenvalue weighted by Gasteiger charge is -2.24. The molecule has 1 aromatic carbocycles. The molecule has 5 heteroatoms. The molecule has 0 bridgehead atoms. The number of rotatable bonds is 7. The summed E-state index contributed by atoms with van der Waals surface area (Å²) < 4.78 is 5.50. The molecular weight excluding hydrogens is 268 g/mol. The van der Waals surface area contributed by atoms with Crippen molar-refractivity contribution >= 4 is 11.4 Å². The smallest absolute Gasteiger partial charge is 0.333 e. The average molecular weight is 292 g/mol. The van der Waals surface area contributed by atoms with Crippen LogP contribution < -0.4 is 10.1 Å². The van der Waals surface area contributed by atoms with Crippen LogP contribution in [0.15, 0.2) is 18.2 Å². The van der Waals surface area contributed by atoms with Gasteiger partial charge >= 0.3 is 5.69 Å². The molecule has 1 saturated carbocycles. The molecule has 1 aliphatic rings. The minimum atomic E-state index is -0.357. The van der Waals surface area contributed by atoms with Gasteiger partial charge in [0.05, 0.1) is 11.5 Å². The largest absolute Gasteiger partial charge is 0.487 e. The van der Waals surface area contributed by atoms with Crippen molar-refractivity contribution in [3.63, 3.8) is 0 Å². The highest BCUT2D eigenvalue weighted by Gasteiger charge is 2.29. The van der Waals surface area contributed by atoms with Crippen molar-refractivity contribution in [3.8, 4) is 5.75 Å². The molecule has 0 aromatic heterocycles. The van der Waals surface area contributed by atoms with Gasteiger partial charge in [0.2, 0.25) is 0 Å². The number of hydrogen-bond donors (Lipinski definition) is 1. The Morgan fingerprint density at radius 3 is 2.71 bits per heavy atom. The Morgan fingerprint density at radius 1 is 1.38 bits per heavy atom. The monoisotopic (exact) mass is 292 g/mol. The van der Waals surface area contributed by atoms with Gasteiger partial charge in [0.25, 0.3) is 0 Å². The number of para-hydroxylation sites is 1. The normalized spacial score (nSPS) is 16.7. The summed E-state index contributed by atoms with van der Waals surface area (Å²) >= 11 is 0. The molecule has 2 rings (SSSR count). The summed E-state index contributed by atoms with van der Waals surface area (Å²) in [6, 6.07) is 5.23. The first-order chi connectivity index (χ1) is 10.1. The van der Waals surface area contributed by atoms with E-state index in [-0.39, 0.29) is 16.0 Å². The number of anilines is 1. The molecule has 0 atom stereocenters. The summed E-state index contributed by atoms with van der Waals surface area (Å²) in [5, 5.41) is 14.6. The summed E-state index contributed by atoms with van der Waals surface area (Å²) in [5.74, 6) is 0.350. The Kier molecular flexibility index (Phi) is 5.04. The van der Waals surface area contributed by atoms with Gasteiger partial charge in [0.1, 0.15) is 5.69 Å². The Balaban J connectivity index is 2.15. The summed E-state index contributed by atoms with van der Waals surface area (Å²) in [6.45, 7) is 5.48. The molecule has 0 amide bonds. The molecule has 1 aromatic rings. The van der Waals surface area contributed by atoms with Gasteiger partial charge in [-0.05, 0) is 36.8 Å². The van der Waals surface area contributed by atoms with Gasteiger partial charge in [-0.2, -0.15) is 0 Å². The second kappa shape index (κ2) is 6.78. The van der Waals surface area contributed by atoms with Gasteiger partial charge in [0, 0.05) is 6.54 Å². The molecule has 0 aliphatic heterocycles. The molecule has 21 heavy (non-hydrogen) atoms. The van der Waals surface area contributed by atoms with Crippen LogP contribution in [0.4, 0.5) is 11.4 Å². The van der Waals surface area contributed by atoms with Crippen LogP contribution in [0, 0.1) is 15.5 Å². The highest BCUT2D eigenvalue weighted by atomic mass is 16.6. The van der Waals surface area contributed by atoms with Gasteiger partial charge in [0.15, 0.2) is 5.75 Å². The van der Waals surface area contributed by atoms with Crippen LogP contribution in [0.1, 0.15) is 46.0 Å². The number of nitrogens with zero attached hydrogens (tertiary/aromatic N) is 1. The van der Waals surface area contributed by atoms with Crippen molar-refractivity contribution < 1.29 is 9.66 Å². The molecule has 116 valence electrons. The zero-order valence-electron chi connectivity index (χ0n) is 12.9. The third-order valence-electron chi connectivity index (χ3n) is 4.16. The Bertz CT molecular complexity index is 496. The van der Waals surface area contributed by atoms with Crippen LogP contribution in [0.2, 0.25) is 0 Å². The van der Waals surface area contributed by atoms with E-state index in [0.717, 1.165) is 13.0 Å². The highest BCUT2D eigenvalue weighted by molar-refractivity contribution is 5.68. The SMILES string of the molecule is CCCOc1cccc(NCC2(C)CCCC2)c1[N+](=O)[O-]. The standard InChI is InChI=1S/C16H24N2O3/c1-3-11-21-14-8-6-7-13(15(14)18(19)20)17-12-16(2)9-4-5-10-16/h6-8,17H,3-5,9-12H2,1-2H3. The minimum Gasteiger partial charge on any atom is -0.487 e. The van der Waals surface area contributed by atoms with E-state index in [2.05, 4.69) is 12.2 Å². The molecule has 1 fully saturated rings. The van der Waals surface area contributed by atoms with Crippen LogP contribution in [-0.2, 0) is 0 Å². The molecule has 0 spiro atoms. The Morgan fingerprint density at radius 2 is 2.10 bits per heavy atom. The van der Waals surface area contributed by atoms with Gasteiger partial charge in [-0.15, -0.1) is 0 Å². The number of nitrogens with one attached hydrogen (secondary N) is 1. The third-order valence-corrected chi connectivity index (χ3v) is 4.16. The fraction of sp³-hybridized carbons (Fsp3) is 0.625. The average Bonchev–Trinajstić information content (AvgIpc) is 2.90. The lowest BCUT2D eigenvalue weighted by molar-refractivity contribution is -0.385. The van der Waals surface area contributed by atoms with Gasteiger partial charge in [-0.25, -0.2) is 0 Å². The van der Waals surface area contributed by atoms with Crippen LogP contribution in [0.25, 0.3) is 0 Å². The number of nitro benzene ring substituents is 1. The maximum atomic E-state index is 11.4. The Labute approximate surface area is 125 Å². The van der Waals surface area contributed by atoms with E-state index in [1.165, 1.54) is 25.7 Å². The van der Waals surface area contributed by atoms with Crippen molar-refractivity contribution in [3.05, 3.63) is 28.3 Å². The molecule has 1 N–H and O–H groups in total. The van der Waals surface area contributed by atoms with Crippen LogP contribution in [-0.4, -0.2) is 18.1 Å². The summed E-state index contributed by atoms with van der Waals surface area (Å²) in [4.78, 5) is 11.0. The van der Waals surface area contributed by atoms with E-state index in [4.69, 9.17) is 4.74 Å². The topological polar surface area (TPSA) is 64.4 Å². The first kappa shape index (κ1) is 15.6. The zero-order chi connectivity index (χ0) is 15.3. The lowest BCUT2D eigenvalue weighted by Crippen LogP contribution is -2.23. The molecule has 0 unspecified atom stereocenters. The fourth-order valence-corrected chi connectivity index (χ4v) is 2.90. The fourth-order valence-electron chi connectivity index (χ4n) is 2.90.